The molecule has 30 heavy (non-hydrogen) atoms. The van der Waals surface area contributed by atoms with Crippen molar-refractivity contribution >= 4 is 0 Å². The van der Waals surface area contributed by atoms with Gasteiger partial charge in [0, 0.05) is 11.5 Å². The summed E-state index contributed by atoms with van der Waals surface area (Å²) in [5.41, 5.74) is 0.366. The second kappa shape index (κ2) is 11.6. The van der Waals surface area contributed by atoms with Crippen LogP contribution in [0.5, 0.6) is 0 Å². The first-order valence-electron chi connectivity index (χ1n) is 11.7. The van der Waals surface area contributed by atoms with Gasteiger partial charge in [-0.2, -0.15) is 0 Å². The number of alkyl halides is 1. The molecule has 2 saturated carbocycles. The van der Waals surface area contributed by atoms with E-state index in [0.717, 1.165) is 37.5 Å². The predicted octanol–water partition coefficient (Wildman–Crippen LogP) is 8.15. The van der Waals surface area contributed by atoms with Gasteiger partial charge in [0.25, 0.3) is 0 Å². The summed E-state index contributed by atoms with van der Waals surface area (Å²) in [6, 6.07) is 6.38. The van der Waals surface area contributed by atoms with Crippen LogP contribution in [0.25, 0.3) is 0 Å². The zero-order valence-electron chi connectivity index (χ0n) is 18.1. The molecular formula is C27H35F3. The number of hydrogen-bond donors (Lipinski definition) is 0. The highest BCUT2D eigenvalue weighted by molar-refractivity contribution is 5.31. The molecule has 0 heterocycles. The molecule has 164 valence electrons. The van der Waals surface area contributed by atoms with Gasteiger partial charge >= 0.3 is 0 Å². The molecule has 2 unspecified atom stereocenters. The third-order valence-electron chi connectivity index (χ3n) is 7.21. The van der Waals surface area contributed by atoms with E-state index in [1.807, 2.05) is 0 Å². The lowest BCUT2D eigenvalue weighted by molar-refractivity contribution is 0.242. The molecule has 3 rings (SSSR count). The van der Waals surface area contributed by atoms with Gasteiger partial charge in [0.15, 0.2) is 0 Å². The van der Waals surface area contributed by atoms with E-state index >= 15 is 0 Å². The Hall–Kier alpha value is -1.69. The van der Waals surface area contributed by atoms with E-state index in [1.165, 1.54) is 51.5 Å². The van der Waals surface area contributed by atoms with Crippen molar-refractivity contribution in [1.29, 1.82) is 0 Å². The van der Waals surface area contributed by atoms with E-state index in [0.29, 0.717) is 23.7 Å². The third-order valence-corrected chi connectivity index (χ3v) is 7.21. The second-order valence-corrected chi connectivity index (χ2v) is 9.36. The second-order valence-electron chi connectivity index (χ2n) is 9.36. The fourth-order valence-electron chi connectivity index (χ4n) is 5.21. The summed E-state index contributed by atoms with van der Waals surface area (Å²) in [7, 11) is 0. The van der Waals surface area contributed by atoms with Gasteiger partial charge in [0.2, 0.25) is 0 Å². The quantitative estimate of drug-likeness (QED) is 0.410. The van der Waals surface area contributed by atoms with Crippen LogP contribution in [0.2, 0.25) is 0 Å². The fourth-order valence-corrected chi connectivity index (χ4v) is 5.21. The van der Waals surface area contributed by atoms with Crippen molar-refractivity contribution in [3.63, 3.8) is 0 Å². The molecule has 0 aliphatic heterocycles. The van der Waals surface area contributed by atoms with Gasteiger partial charge in [0.1, 0.15) is 12.0 Å². The molecule has 1 aromatic carbocycles. The molecule has 2 fully saturated rings. The number of rotatable bonds is 6. The maximum atomic E-state index is 14.1. The molecular weight excluding hydrogens is 381 g/mol. The Labute approximate surface area is 180 Å². The molecule has 2 aliphatic rings. The average Bonchev–Trinajstić information content (AvgIpc) is 2.75. The number of halogens is 3. The van der Waals surface area contributed by atoms with E-state index in [9.17, 15) is 13.2 Å². The summed E-state index contributed by atoms with van der Waals surface area (Å²) >= 11 is 0. The molecule has 0 amide bonds. The lowest BCUT2D eigenvalue weighted by atomic mass is 9.75. The Morgan fingerprint density at radius 3 is 2.13 bits per heavy atom. The van der Waals surface area contributed by atoms with Gasteiger partial charge < -0.3 is 0 Å². The standard InChI is InChI=1S/C27H35F3/c1-20(29)25(26-4-2-3-5-27(26)30)17-16-23-10-8-21(9-11-23)6-7-22-12-14-24(15-13-22)18-19-28/h2-5,18-25H,6-15H2,1H3. The first-order chi connectivity index (χ1) is 14.6. The molecule has 0 radical (unpaired) electrons. The molecule has 0 spiro atoms. The largest absolute Gasteiger partial charge is 0.246 e. The van der Waals surface area contributed by atoms with Crippen LogP contribution in [0, 0.1) is 41.3 Å². The predicted molar refractivity (Wildman–Crippen MR) is 118 cm³/mol. The van der Waals surface area contributed by atoms with Crippen molar-refractivity contribution in [3.05, 3.63) is 48.1 Å². The molecule has 0 bridgehead atoms. The topological polar surface area (TPSA) is 0 Å². The molecule has 2 aliphatic carbocycles. The number of benzene rings is 1. The third kappa shape index (κ3) is 6.66. The van der Waals surface area contributed by atoms with Crippen LogP contribution in [-0.4, -0.2) is 6.17 Å². The molecule has 2 atom stereocenters. The average molecular weight is 417 g/mol. The minimum absolute atomic E-state index is 0.303. The van der Waals surface area contributed by atoms with Gasteiger partial charge in [0.05, 0.1) is 12.2 Å². The summed E-state index contributed by atoms with van der Waals surface area (Å²) in [6.45, 7) is 1.46. The van der Waals surface area contributed by atoms with Crippen molar-refractivity contribution < 1.29 is 13.2 Å². The van der Waals surface area contributed by atoms with Crippen LogP contribution in [0.15, 0.2) is 36.7 Å². The Morgan fingerprint density at radius 2 is 1.57 bits per heavy atom. The van der Waals surface area contributed by atoms with E-state index in [1.54, 1.807) is 24.3 Å². The van der Waals surface area contributed by atoms with Gasteiger partial charge in [-0.3, -0.25) is 0 Å². The van der Waals surface area contributed by atoms with Gasteiger partial charge in [-0.25, -0.2) is 13.2 Å². The summed E-state index contributed by atoms with van der Waals surface area (Å²) in [4.78, 5) is 0. The van der Waals surface area contributed by atoms with Crippen LogP contribution in [0.4, 0.5) is 13.2 Å². The van der Waals surface area contributed by atoms with Crippen LogP contribution in [0.1, 0.15) is 82.6 Å². The minimum atomic E-state index is -1.19. The molecule has 0 N–H and O–H groups in total. The van der Waals surface area contributed by atoms with E-state index in [2.05, 4.69) is 11.8 Å². The minimum Gasteiger partial charge on any atom is -0.246 e. The summed E-state index contributed by atoms with van der Waals surface area (Å²) < 4.78 is 40.5. The monoisotopic (exact) mass is 416 g/mol. The van der Waals surface area contributed by atoms with E-state index in [4.69, 9.17) is 0 Å². The normalized spacial score (nSPS) is 29.2. The number of hydrogen-bond acceptors (Lipinski definition) is 0. The first kappa shape index (κ1) is 23.0. The van der Waals surface area contributed by atoms with Crippen LogP contribution >= 0.6 is 0 Å². The molecule has 3 heteroatoms. The first-order valence-corrected chi connectivity index (χ1v) is 11.7. The van der Waals surface area contributed by atoms with Crippen molar-refractivity contribution in [3.8, 4) is 11.8 Å². The SMILES string of the molecule is CC(F)C(C#CC1CCC(CCC2CCC(C=CF)CC2)CC1)c1ccccc1F. The van der Waals surface area contributed by atoms with Gasteiger partial charge in [-0.05, 0) is 82.1 Å². The highest BCUT2D eigenvalue weighted by atomic mass is 19.1. The maximum Gasteiger partial charge on any atom is 0.127 e. The lowest BCUT2D eigenvalue weighted by Gasteiger charge is -2.30. The Balaban J connectivity index is 1.43. The van der Waals surface area contributed by atoms with Crippen LogP contribution < -0.4 is 0 Å². The Morgan fingerprint density at radius 1 is 0.967 bits per heavy atom. The van der Waals surface area contributed by atoms with Crippen LogP contribution in [0.3, 0.4) is 0 Å². The molecule has 0 nitrogen and oxygen atoms in total. The molecule has 0 aromatic heterocycles. The maximum absolute atomic E-state index is 14.1. The highest BCUT2D eigenvalue weighted by Crippen LogP contribution is 2.37. The van der Waals surface area contributed by atoms with Crippen molar-refractivity contribution in [2.75, 3.05) is 0 Å². The smallest absolute Gasteiger partial charge is 0.127 e. The lowest BCUT2D eigenvalue weighted by Crippen LogP contribution is -2.17. The highest BCUT2D eigenvalue weighted by Gasteiger charge is 2.24. The summed E-state index contributed by atoms with van der Waals surface area (Å²) in [6.07, 6.45) is 13.0. The fraction of sp³-hybridized carbons (Fsp3) is 0.630. The summed E-state index contributed by atoms with van der Waals surface area (Å²) in [5, 5.41) is 0. The molecule has 0 saturated heterocycles. The van der Waals surface area contributed by atoms with E-state index < -0.39 is 12.1 Å². The zero-order chi connectivity index (χ0) is 21.3. The summed E-state index contributed by atoms with van der Waals surface area (Å²) in [5.74, 6) is 7.60. The Bertz CT molecular complexity index is 726. The Kier molecular flexibility index (Phi) is 8.91. The van der Waals surface area contributed by atoms with Gasteiger partial charge in [-0.15, -0.1) is 0 Å². The van der Waals surface area contributed by atoms with Crippen molar-refractivity contribution in [2.45, 2.75) is 83.2 Å². The van der Waals surface area contributed by atoms with E-state index in [-0.39, 0.29) is 5.82 Å². The van der Waals surface area contributed by atoms with Gasteiger partial charge in [-0.1, -0.05) is 49.0 Å². The molecule has 1 aromatic rings. The van der Waals surface area contributed by atoms with Crippen LogP contribution in [-0.2, 0) is 0 Å². The van der Waals surface area contributed by atoms with Crippen molar-refractivity contribution in [1.82, 2.24) is 0 Å². The zero-order valence-corrected chi connectivity index (χ0v) is 18.1. The number of allylic oxidation sites excluding steroid dienone is 1. The van der Waals surface area contributed by atoms with Crippen molar-refractivity contribution in [2.24, 2.45) is 23.7 Å².